The van der Waals surface area contributed by atoms with Gasteiger partial charge in [0.25, 0.3) is 0 Å². The second-order valence-electron chi connectivity index (χ2n) is 3.91. The van der Waals surface area contributed by atoms with Crippen molar-refractivity contribution in [3.05, 3.63) is 0 Å². The Morgan fingerprint density at radius 1 is 1.33 bits per heavy atom. The Kier molecular flexibility index (Phi) is 9.27. The van der Waals surface area contributed by atoms with E-state index in [4.69, 9.17) is 5.73 Å². The summed E-state index contributed by atoms with van der Waals surface area (Å²) in [6.45, 7) is 6.89. The fourth-order valence-electron chi connectivity index (χ4n) is 1.52. The van der Waals surface area contributed by atoms with Crippen LogP contribution in [0.25, 0.3) is 0 Å². The second kappa shape index (κ2) is 9.77. The van der Waals surface area contributed by atoms with Gasteiger partial charge < -0.3 is 16.4 Å². The van der Waals surface area contributed by atoms with E-state index >= 15 is 0 Å². The van der Waals surface area contributed by atoms with Crippen LogP contribution in [0.3, 0.4) is 0 Å². The first-order valence-electron chi connectivity index (χ1n) is 5.94. The van der Waals surface area contributed by atoms with Gasteiger partial charge in [-0.25, -0.2) is 4.79 Å². The van der Waals surface area contributed by atoms with Crippen LogP contribution in [-0.2, 0) is 0 Å². The highest BCUT2D eigenvalue weighted by molar-refractivity contribution is 5.71. The summed E-state index contributed by atoms with van der Waals surface area (Å²) in [5.74, 6) is 0.763. The molecule has 2 amide bonds. The third-order valence-electron chi connectivity index (χ3n) is 2.58. The monoisotopic (exact) mass is 215 g/mol. The van der Waals surface area contributed by atoms with Crippen molar-refractivity contribution in [1.82, 2.24) is 10.6 Å². The maximum atomic E-state index is 10.4. The molecule has 0 bridgehead atoms. The molecule has 0 heterocycles. The number of carbonyl (C=O) groups excluding carboxylic acids is 1. The van der Waals surface area contributed by atoms with Crippen LogP contribution in [0.5, 0.6) is 0 Å². The smallest absolute Gasteiger partial charge is 0.312 e. The van der Waals surface area contributed by atoms with Gasteiger partial charge in [0, 0.05) is 13.1 Å². The Labute approximate surface area is 93.0 Å². The van der Waals surface area contributed by atoms with Crippen molar-refractivity contribution < 1.29 is 4.79 Å². The molecule has 15 heavy (non-hydrogen) atoms. The number of nitrogens with two attached hydrogens (primary N) is 1. The predicted octanol–water partition coefficient (Wildman–Crippen LogP) is 1.46. The van der Waals surface area contributed by atoms with E-state index in [2.05, 4.69) is 24.5 Å². The average Bonchev–Trinajstić information content (AvgIpc) is 2.21. The fraction of sp³-hybridized carbons (Fsp3) is 0.909. The van der Waals surface area contributed by atoms with Crippen LogP contribution in [0, 0.1) is 5.92 Å². The molecule has 0 aromatic heterocycles. The predicted molar refractivity (Wildman–Crippen MR) is 63.8 cm³/mol. The van der Waals surface area contributed by atoms with Crippen molar-refractivity contribution in [3.8, 4) is 0 Å². The highest BCUT2D eigenvalue weighted by atomic mass is 16.2. The van der Waals surface area contributed by atoms with Crippen molar-refractivity contribution >= 4 is 6.03 Å². The Morgan fingerprint density at radius 3 is 2.60 bits per heavy atom. The summed E-state index contributed by atoms with van der Waals surface area (Å²) >= 11 is 0. The molecule has 4 N–H and O–H groups in total. The number of primary amides is 1. The minimum atomic E-state index is -0.449. The van der Waals surface area contributed by atoms with E-state index in [0.29, 0.717) is 6.54 Å². The van der Waals surface area contributed by atoms with Gasteiger partial charge in [-0.3, -0.25) is 0 Å². The first-order valence-corrected chi connectivity index (χ1v) is 5.94. The van der Waals surface area contributed by atoms with Crippen LogP contribution < -0.4 is 16.4 Å². The van der Waals surface area contributed by atoms with Crippen molar-refractivity contribution in [3.63, 3.8) is 0 Å². The van der Waals surface area contributed by atoms with E-state index in [1.165, 1.54) is 25.7 Å². The molecule has 0 aliphatic rings. The molecule has 0 aliphatic heterocycles. The molecule has 0 spiro atoms. The van der Waals surface area contributed by atoms with Gasteiger partial charge in [0.1, 0.15) is 0 Å². The second-order valence-corrected chi connectivity index (χ2v) is 3.91. The third kappa shape index (κ3) is 9.53. The summed E-state index contributed by atoms with van der Waals surface area (Å²) < 4.78 is 0. The van der Waals surface area contributed by atoms with Gasteiger partial charge >= 0.3 is 6.03 Å². The number of hydrogen-bond acceptors (Lipinski definition) is 2. The number of rotatable bonds is 9. The Morgan fingerprint density at radius 2 is 2.07 bits per heavy atom. The largest absolute Gasteiger partial charge is 0.352 e. The molecular weight excluding hydrogens is 190 g/mol. The van der Waals surface area contributed by atoms with E-state index in [1.807, 2.05) is 0 Å². The normalized spacial score (nSPS) is 12.4. The number of carbonyl (C=O) groups is 1. The van der Waals surface area contributed by atoms with Gasteiger partial charge in [-0.2, -0.15) is 0 Å². The highest BCUT2D eigenvalue weighted by Crippen LogP contribution is 2.10. The summed E-state index contributed by atoms with van der Waals surface area (Å²) in [7, 11) is 0. The van der Waals surface area contributed by atoms with Crippen LogP contribution in [-0.4, -0.2) is 25.7 Å². The number of nitrogens with one attached hydrogen (secondary N) is 2. The van der Waals surface area contributed by atoms with E-state index < -0.39 is 6.03 Å². The lowest BCUT2D eigenvalue weighted by Gasteiger charge is -2.15. The van der Waals surface area contributed by atoms with Crippen molar-refractivity contribution in [1.29, 1.82) is 0 Å². The zero-order valence-electron chi connectivity index (χ0n) is 10.0. The summed E-state index contributed by atoms with van der Waals surface area (Å²) in [6, 6.07) is -0.449. The van der Waals surface area contributed by atoms with Gasteiger partial charge in [-0.1, -0.05) is 33.1 Å². The standard InChI is InChI=1S/C11H25N3O/c1-3-5-6-10(4-2)9-13-7-8-14-11(12)15/h10,13H,3-9H2,1-2H3,(H3,12,14,15). The van der Waals surface area contributed by atoms with Crippen molar-refractivity contribution in [2.24, 2.45) is 11.7 Å². The third-order valence-corrected chi connectivity index (χ3v) is 2.58. The summed E-state index contributed by atoms with van der Waals surface area (Å²) in [6.07, 6.45) is 5.08. The summed E-state index contributed by atoms with van der Waals surface area (Å²) in [5, 5.41) is 5.89. The first-order chi connectivity index (χ1) is 7.20. The molecule has 4 nitrogen and oxygen atoms in total. The molecular formula is C11H25N3O. The number of urea groups is 1. The molecule has 0 aliphatic carbocycles. The first kappa shape index (κ1) is 14.2. The lowest BCUT2D eigenvalue weighted by Crippen LogP contribution is -2.36. The SMILES string of the molecule is CCCCC(CC)CNCCNC(N)=O. The van der Waals surface area contributed by atoms with Gasteiger partial charge in [0.05, 0.1) is 0 Å². The lowest BCUT2D eigenvalue weighted by atomic mass is 9.99. The molecule has 90 valence electrons. The van der Waals surface area contributed by atoms with Gasteiger partial charge in [0.2, 0.25) is 0 Å². The zero-order chi connectivity index (χ0) is 11.5. The van der Waals surface area contributed by atoms with Crippen LogP contribution in [0.1, 0.15) is 39.5 Å². The molecule has 0 aromatic carbocycles. The van der Waals surface area contributed by atoms with Crippen LogP contribution >= 0.6 is 0 Å². The minimum Gasteiger partial charge on any atom is -0.352 e. The fourth-order valence-corrected chi connectivity index (χ4v) is 1.52. The highest BCUT2D eigenvalue weighted by Gasteiger charge is 2.04. The molecule has 1 atom stereocenters. The number of amides is 2. The molecule has 0 radical (unpaired) electrons. The molecule has 0 saturated heterocycles. The molecule has 0 fully saturated rings. The van der Waals surface area contributed by atoms with Gasteiger partial charge in [-0.05, 0) is 18.9 Å². The quantitative estimate of drug-likeness (QED) is 0.510. The van der Waals surface area contributed by atoms with Crippen LogP contribution in [0.2, 0.25) is 0 Å². The number of unbranched alkanes of at least 4 members (excludes halogenated alkanes) is 1. The van der Waals surface area contributed by atoms with Crippen LogP contribution in [0.15, 0.2) is 0 Å². The molecule has 1 unspecified atom stereocenters. The Bertz CT molecular complexity index is 162. The van der Waals surface area contributed by atoms with E-state index in [-0.39, 0.29) is 0 Å². The van der Waals surface area contributed by atoms with E-state index in [1.54, 1.807) is 0 Å². The van der Waals surface area contributed by atoms with Gasteiger partial charge in [0.15, 0.2) is 0 Å². The van der Waals surface area contributed by atoms with Crippen molar-refractivity contribution in [2.45, 2.75) is 39.5 Å². The molecule has 0 rings (SSSR count). The minimum absolute atomic E-state index is 0.449. The van der Waals surface area contributed by atoms with E-state index in [0.717, 1.165) is 19.0 Å². The van der Waals surface area contributed by atoms with Gasteiger partial charge in [-0.15, -0.1) is 0 Å². The van der Waals surface area contributed by atoms with Crippen molar-refractivity contribution in [2.75, 3.05) is 19.6 Å². The number of hydrogen-bond donors (Lipinski definition) is 3. The zero-order valence-corrected chi connectivity index (χ0v) is 10.0. The molecule has 0 saturated carbocycles. The summed E-state index contributed by atoms with van der Waals surface area (Å²) in [5.41, 5.74) is 4.95. The Hall–Kier alpha value is -0.770. The molecule has 0 aromatic rings. The topological polar surface area (TPSA) is 67.2 Å². The van der Waals surface area contributed by atoms with E-state index in [9.17, 15) is 4.79 Å². The average molecular weight is 215 g/mol. The Balaban J connectivity index is 3.33. The summed E-state index contributed by atoms with van der Waals surface area (Å²) in [4.78, 5) is 10.4. The maximum absolute atomic E-state index is 10.4. The maximum Gasteiger partial charge on any atom is 0.312 e. The van der Waals surface area contributed by atoms with Crippen LogP contribution in [0.4, 0.5) is 4.79 Å². The molecule has 4 heteroatoms. The lowest BCUT2D eigenvalue weighted by molar-refractivity contribution is 0.249.